The first-order chi connectivity index (χ1) is 23.3. The highest BCUT2D eigenvalue weighted by atomic mass is 16.5. The number of fused-ring (bicyclic) bond motifs is 3. The first-order valence-corrected chi connectivity index (χ1v) is 14.0. The lowest BCUT2D eigenvalue weighted by atomic mass is 10.1. The second-order valence-corrected chi connectivity index (χ2v) is 9.03. The maximum atomic E-state index is 11.2. The molecule has 8 N–H and O–H groups in total. The summed E-state index contributed by atoms with van der Waals surface area (Å²) in [6.07, 6.45) is 4.90. The van der Waals surface area contributed by atoms with E-state index >= 15 is 0 Å². The van der Waals surface area contributed by atoms with Gasteiger partial charge in [0.15, 0.2) is 0 Å². The van der Waals surface area contributed by atoms with Crippen molar-refractivity contribution in [3.05, 3.63) is 137 Å². The number of nitrogen functional groups attached to an aromatic ring is 1. The summed E-state index contributed by atoms with van der Waals surface area (Å²) in [4.78, 5) is 47.9. The third-order valence-corrected chi connectivity index (χ3v) is 6.01. The molecule has 3 aromatic heterocycles. The third kappa shape index (κ3) is 12.4. The zero-order chi connectivity index (χ0) is 35.3. The number of ether oxygens (including phenoxy) is 1. The minimum atomic E-state index is -0.664. The minimum Gasteiger partial charge on any atom is -0.464 e. The summed E-state index contributed by atoms with van der Waals surface area (Å²) in [5.41, 5.74) is 11.0. The van der Waals surface area contributed by atoms with Crippen LogP contribution in [0.3, 0.4) is 0 Å². The van der Waals surface area contributed by atoms with E-state index in [1.807, 2.05) is 78.2 Å². The lowest BCUT2D eigenvalue weighted by molar-refractivity contribution is 0.0594. The zero-order valence-corrected chi connectivity index (χ0v) is 26.1. The van der Waals surface area contributed by atoms with Gasteiger partial charge in [0.05, 0.1) is 7.11 Å². The van der Waals surface area contributed by atoms with E-state index in [-0.39, 0.29) is 25.6 Å². The van der Waals surface area contributed by atoms with Gasteiger partial charge in [-0.05, 0) is 51.9 Å². The fourth-order valence-electron chi connectivity index (χ4n) is 3.87. The predicted molar refractivity (Wildman–Crippen MR) is 190 cm³/mol. The first kappa shape index (κ1) is 40.7. The van der Waals surface area contributed by atoms with Crippen molar-refractivity contribution < 1.29 is 24.2 Å². The Kier molecular flexibility index (Phi) is 18.4. The van der Waals surface area contributed by atoms with Crippen LogP contribution in [0.1, 0.15) is 45.8 Å². The number of carbonyl (C=O) groups is 3. The molecule has 15 heteroatoms. The van der Waals surface area contributed by atoms with Gasteiger partial charge in [0.2, 0.25) is 0 Å². The molecule has 0 aliphatic rings. The molecule has 0 aliphatic heterocycles. The number of methoxy groups -OCH3 is 1. The molecule has 0 spiro atoms. The van der Waals surface area contributed by atoms with E-state index in [4.69, 9.17) is 16.5 Å². The van der Waals surface area contributed by atoms with Crippen LogP contribution in [0.2, 0.25) is 0 Å². The minimum absolute atomic E-state index is 0. The molecule has 0 radical (unpaired) electrons. The second-order valence-electron chi connectivity index (χ2n) is 9.03. The van der Waals surface area contributed by atoms with Gasteiger partial charge in [-0.3, -0.25) is 36.7 Å². The smallest absolute Gasteiger partial charge is 0.356 e. The van der Waals surface area contributed by atoms with Gasteiger partial charge in [-0.15, -0.1) is 0 Å². The largest absolute Gasteiger partial charge is 0.464 e. The quantitative estimate of drug-likeness (QED) is 0.0319. The number of azide groups is 1. The summed E-state index contributed by atoms with van der Waals surface area (Å²) in [5.74, 6) is 11.6. The average molecular weight is 667 g/mol. The predicted octanol–water partition coefficient (Wildman–Crippen LogP) is 5.00. The lowest BCUT2D eigenvalue weighted by Crippen LogP contribution is -2.30. The van der Waals surface area contributed by atoms with Gasteiger partial charge >= 0.3 is 5.97 Å². The summed E-state index contributed by atoms with van der Waals surface area (Å²) >= 11 is 0. The number of aliphatic hydroxyl groups is 1. The van der Waals surface area contributed by atoms with Crippen LogP contribution in [-0.4, -0.2) is 51.6 Å². The van der Waals surface area contributed by atoms with Crippen LogP contribution in [-0.2, 0) is 4.74 Å². The molecule has 0 atom stereocenters. The van der Waals surface area contributed by atoms with Gasteiger partial charge in [-0.25, -0.2) is 15.6 Å². The van der Waals surface area contributed by atoms with Crippen molar-refractivity contribution in [3.63, 3.8) is 0 Å². The van der Waals surface area contributed by atoms with Crippen molar-refractivity contribution in [3.8, 4) is 0 Å². The monoisotopic (exact) mass is 666 g/mol. The van der Waals surface area contributed by atoms with Gasteiger partial charge in [0, 0.05) is 46.3 Å². The maximum absolute atomic E-state index is 11.2. The topological polar surface area (TPSA) is 258 Å². The number of nitrogens with two attached hydrogens (primary N) is 3. The van der Waals surface area contributed by atoms with E-state index in [1.165, 1.54) is 7.11 Å². The Hall–Kier alpha value is -6.35. The number of aromatic nitrogens is 3. The molecular formula is C34H38N10O5. The molecule has 254 valence electrons. The summed E-state index contributed by atoms with van der Waals surface area (Å²) in [6, 6.07) is 28.0. The molecule has 0 unspecified atom stereocenters. The van der Waals surface area contributed by atoms with E-state index in [1.54, 1.807) is 43.7 Å². The summed E-state index contributed by atoms with van der Waals surface area (Å²) in [5, 5.41) is 16.4. The fraction of sp³-hybridized carbons (Fsp3) is 0.118. The number of nitrogens with one attached hydrogen (secondary N) is 1. The van der Waals surface area contributed by atoms with Crippen LogP contribution in [0.5, 0.6) is 0 Å². The van der Waals surface area contributed by atoms with Crippen LogP contribution in [0.25, 0.3) is 42.8 Å². The molecule has 6 rings (SSSR count). The molecule has 49 heavy (non-hydrogen) atoms. The van der Waals surface area contributed by atoms with Gasteiger partial charge in [0.1, 0.15) is 17.1 Å². The number of nitrogens with zero attached hydrogens (tertiary/aromatic N) is 6. The van der Waals surface area contributed by atoms with Crippen molar-refractivity contribution in [2.24, 2.45) is 22.6 Å². The van der Waals surface area contributed by atoms with Gasteiger partial charge in [0.25, 0.3) is 11.8 Å². The SMILES string of the molecule is C.CCO.COC(=O)c1cc2ccccc2cn1.NN.NNC(=O)c1cc2ccccc2cn1.[N-]=[N+]=NC(=O)c1cc2ccccc2cn1. The molecule has 3 heterocycles. The molecule has 15 nitrogen and oxygen atoms in total. The van der Waals surface area contributed by atoms with Crippen LogP contribution < -0.4 is 23.0 Å². The Balaban J connectivity index is 0.000000341. The Morgan fingerprint density at radius 2 is 1.10 bits per heavy atom. The Morgan fingerprint density at radius 1 is 0.755 bits per heavy atom. The van der Waals surface area contributed by atoms with E-state index in [2.05, 4.69) is 41.4 Å². The van der Waals surface area contributed by atoms with Crippen molar-refractivity contribution in [2.45, 2.75) is 14.4 Å². The molecule has 2 amide bonds. The molecule has 6 aromatic rings. The number of esters is 1. The number of rotatable bonds is 3. The van der Waals surface area contributed by atoms with Crippen LogP contribution in [0.15, 0.2) is 115 Å². The van der Waals surface area contributed by atoms with Crippen LogP contribution in [0, 0.1) is 0 Å². The highest BCUT2D eigenvalue weighted by molar-refractivity contribution is 5.97. The number of hydrogen-bond donors (Lipinski definition) is 5. The molecule has 0 aliphatic carbocycles. The van der Waals surface area contributed by atoms with Gasteiger partial charge < -0.3 is 9.84 Å². The molecule has 0 fully saturated rings. The number of hydrogen-bond acceptors (Lipinski definition) is 11. The first-order valence-electron chi connectivity index (χ1n) is 14.0. The molecule has 3 aromatic carbocycles. The number of hydrazine groups is 2. The molecule has 0 saturated carbocycles. The number of aliphatic hydroxyl groups excluding tert-OH is 1. The Bertz CT molecular complexity index is 1930. The van der Waals surface area contributed by atoms with Crippen LogP contribution >= 0.6 is 0 Å². The van der Waals surface area contributed by atoms with Gasteiger partial charge in [-0.2, -0.15) is 0 Å². The van der Waals surface area contributed by atoms with E-state index in [0.717, 1.165) is 32.3 Å². The highest BCUT2D eigenvalue weighted by Crippen LogP contribution is 2.15. The average Bonchev–Trinajstić information content (AvgIpc) is 3.15. The van der Waals surface area contributed by atoms with Gasteiger partial charge in [-0.1, -0.05) is 80.2 Å². The maximum Gasteiger partial charge on any atom is 0.356 e. The number of amides is 2. The highest BCUT2D eigenvalue weighted by Gasteiger charge is 2.07. The molecule has 0 saturated heterocycles. The molecular weight excluding hydrogens is 628 g/mol. The van der Waals surface area contributed by atoms with Crippen molar-refractivity contribution >= 4 is 50.1 Å². The van der Waals surface area contributed by atoms with E-state index < -0.39 is 11.9 Å². The zero-order valence-electron chi connectivity index (χ0n) is 26.1. The number of carbonyl (C=O) groups excluding carboxylic acids is 3. The summed E-state index contributed by atoms with van der Waals surface area (Å²) in [6.45, 7) is 1.93. The van der Waals surface area contributed by atoms with Crippen LogP contribution in [0.4, 0.5) is 0 Å². The summed E-state index contributed by atoms with van der Waals surface area (Å²) < 4.78 is 4.58. The second kappa shape index (κ2) is 22.2. The third-order valence-electron chi connectivity index (χ3n) is 6.01. The van der Waals surface area contributed by atoms with Crippen molar-refractivity contribution in [2.75, 3.05) is 13.7 Å². The van der Waals surface area contributed by atoms with Crippen molar-refractivity contribution in [1.29, 1.82) is 0 Å². The fourth-order valence-corrected chi connectivity index (χ4v) is 3.87. The number of pyridine rings is 3. The van der Waals surface area contributed by atoms with E-state index in [9.17, 15) is 14.4 Å². The Morgan fingerprint density at radius 3 is 1.49 bits per heavy atom. The standard InChI is InChI=1S/C11H9NO2.C10H6N4O.C10H9N3O.C2H6O.CH4.H4N2/c1-14-11(13)10-6-8-4-2-3-5-9(8)7-12-10;11-14-13-10(15)9-5-7-3-1-2-4-8(7)6-12-9;11-13-10(14)9-5-7-3-1-2-4-8(7)6-12-9;1-2-3;;1-2/h2-7H,1H3;1-6H;1-6H,11H2,(H,13,14);3H,2H2,1H3;1H4;1-2H2. The molecule has 0 bridgehead atoms. The van der Waals surface area contributed by atoms with Crippen molar-refractivity contribution in [1.82, 2.24) is 20.4 Å². The summed E-state index contributed by atoms with van der Waals surface area (Å²) in [7, 11) is 1.35. The lowest BCUT2D eigenvalue weighted by Gasteiger charge is -2.00. The normalized spacial score (nSPS) is 9.18. The van der Waals surface area contributed by atoms with E-state index in [0.29, 0.717) is 11.4 Å². The Labute approximate surface area is 282 Å². The number of benzene rings is 3.